The van der Waals surface area contributed by atoms with Crippen molar-refractivity contribution < 1.29 is 36.8 Å². The summed E-state index contributed by atoms with van der Waals surface area (Å²) < 4.78 is 44.9. The van der Waals surface area contributed by atoms with Crippen molar-refractivity contribution in [3.63, 3.8) is 0 Å². The summed E-state index contributed by atoms with van der Waals surface area (Å²) in [6, 6.07) is 0. The lowest BCUT2D eigenvalue weighted by atomic mass is 10.3. The average molecular weight is 509 g/mol. The molecule has 0 aliphatic rings. The van der Waals surface area contributed by atoms with Crippen molar-refractivity contribution in [2.24, 2.45) is 0 Å². The Morgan fingerprint density at radius 3 is 1.23 bits per heavy atom. The van der Waals surface area contributed by atoms with Crippen molar-refractivity contribution in [1.29, 1.82) is 0 Å². The molecule has 0 heterocycles. The Labute approximate surface area is 187 Å². The molecule has 2 N–H and O–H groups in total. The van der Waals surface area contributed by atoms with Crippen LogP contribution < -0.4 is 10.6 Å². The second kappa shape index (κ2) is 17.5. The van der Waals surface area contributed by atoms with E-state index in [1.165, 1.54) is 0 Å². The number of hydrogen-bond acceptors (Lipinski definition) is 10. The topological polar surface area (TPSA) is 129 Å². The van der Waals surface area contributed by atoms with E-state index in [1.54, 1.807) is 27.7 Å². The molecule has 0 spiro atoms. The third-order valence-electron chi connectivity index (χ3n) is 3.10. The van der Waals surface area contributed by atoms with Crippen molar-refractivity contribution in [1.82, 2.24) is 10.6 Å². The fourth-order valence-corrected chi connectivity index (χ4v) is 8.22. The Hall–Kier alpha value is -0.0600. The van der Waals surface area contributed by atoms with Crippen LogP contribution in [0.5, 0.6) is 0 Å². The summed E-state index contributed by atoms with van der Waals surface area (Å²) in [6.07, 6.45) is 1.32. The zero-order valence-electron chi connectivity index (χ0n) is 18.0. The quantitative estimate of drug-likeness (QED) is 0.196. The lowest BCUT2D eigenvalue weighted by Gasteiger charge is -2.15. The maximum atomic E-state index is 12.2. The zero-order valence-corrected chi connectivity index (χ0v) is 21.5. The van der Waals surface area contributed by atoms with Crippen LogP contribution in [0, 0.1) is 0 Å². The molecule has 0 aliphatic carbocycles. The van der Waals surface area contributed by atoms with Gasteiger partial charge in [0.1, 0.15) is 0 Å². The fraction of sp³-hybridized carbons (Fsp3) is 0.875. The van der Waals surface area contributed by atoms with Crippen LogP contribution in [0.2, 0.25) is 0 Å². The zero-order chi connectivity index (χ0) is 22.9. The third-order valence-corrected chi connectivity index (χ3v) is 10.8. The van der Waals surface area contributed by atoms with Gasteiger partial charge in [-0.15, -0.1) is 0 Å². The molecule has 0 unspecified atom stereocenters. The van der Waals surface area contributed by atoms with Crippen molar-refractivity contribution in [2.45, 2.75) is 40.5 Å². The fourth-order valence-electron chi connectivity index (χ4n) is 1.94. The number of hydrogen-bond donors (Lipinski definition) is 2. The molecule has 10 nitrogen and oxygen atoms in total. The van der Waals surface area contributed by atoms with E-state index in [0.29, 0.717) is 25.9 Å². The van der Waals surface area contributed by atoms with E-state index >= 15 is 0 Å². The first-order valence-electron chi connectivity index (χ1n) is 9.84. The van der Waals surface area contributed by atoms with E-state index in [2.05, 4.69) is 10.6 Å². The van der Waals surface area contributed by atoms with E-state index in [4.69, 9.17) is 18.1 Å². The van der Waals surface area contributed by atoms with Crippen LogP contribution in [0.25, 0.3) is 0 Å². The summed E-state index contributed by atoms with van der Waals surface area (Å²) >= 11 is 1.73. The van der Waals surface area contributed by atoms with Gasteiger partial charge in [-0.2, -0.15) is 0 Å². The molecule has 0 aromatic carbocycles. The largest absolute Gasteiger partial charge is 0.389 e. The minimum atomic E-state index is -3.29. The van der Waals surface area contributed by atoms with Gasteiger partial charge in [0.05, 0.1) is 37.9 Å². The van der Waals surface area contributed by atoms with E-state index < -0.39 is 13.6 Å². The van der Waals surface area contributed by atoms with Crippen LogP contribution in [-0.4, -0.2) is 62.8 Å². The predicted octanol–water partition coefficient (Wildman–Crippen LogP) is 3.83. The number of nitrogens with one attached hydrogen (secondary N) is 2. The molecule has 0 rings (SSSR count). The SMILES string of the molecule is CCOP(=O)(OCC)SCC(=O)NCCCCNC(=O)CSP(=O)(OCC)OCC. The number of carbonyl (C=O) groups is 2. The Kier molecular flexibility index (Phi) is 17.5. The molecule has 0 atom stereocenters. The normalized spacial score (nSPS) is 12.0. The molecule has 30 heavy (non-hydrogen) atoms. The van der Waals surface area contributed by atoms with Gasteiger partial charge in [0.2, 0.25) is 11.8 Å². The van der Waals surface area contributed by atoms with Crippen molar-refractivity contribution in [2.75, 3.05) is 51.0 Å². The van der Waals surface area contributed by atoms with Crippen molar-refractivity contribution >= 4 is 48.2 Å². The highest BCUT2D eigenvalue weighted by atomic mass is 32.7. The Morgan fingerprint density at radius 1 is 0.667 bits per heavy atom. The summed E-state index contributed by atoms with van der Waals surface area (Å²) in [5.74, 6) is -0.569. The molecular formula is C16H34N2O8P2S2. The lowest BCUT2D eigenvalue weighted by Crippen LogP contribution is -2.29. The maximum absolute atomic E-state index is 12.2. The Morgan fingerprint density at radius 2 is 0.967 bits per heavy atom. The van der Waals surface area contributed by atoms with E-state index in [-0.39, 0.29) is 49.7 Å². The highest BCUT2D eigenvalue weighted by Crippen LogP contribution is 2.60. The number of amides is 2. The Bertz CT molecular complexity index is 528. The van der Waals surface area contributed by atoms with Gasteiger partial charge < -0.3 is 28.7 Å². The first kappa shape index (κ1) is 29.9. The van der Waals surface area contributed by atoms with Crippen molar-refractivity contribution in [3.05, 3.63) is 0 Å². The second-order valence-corrected chi connectivity index (χ2v) is 13.7. The first-order valence-corrected chi connectivity index (χ1v) is 16.1. The van der Waals surface area contributed by atoms with Gasteiger partial charge in [-0.25, -0.2) is 9.13 Å². The van der Waals surface area contributed by atoms with E-state index in [9.17, 15) is 18.7 Å². The summed E-state index contributed by atoms with van der Waals surface area (Å²) in [4.78, 5) is 23.7. The van der Waals surface area contributed by atoms with Crippen molar-refractivity contribution in [3.8, 4) is 0 Å². The van der Waals surface area contributed by atoms with Gasteiger partial charge in [0.25, 0.3) is 0 Å². The summed E-state index contributed by atoms with van der Waals surface area (Å²) in [5, 5.41) is 5.44. The van der Waals surface area contributed by atoms with E-state index in [0.717, 1.165) is 22.8 Å². The third kappa shape index (κ3) is 14.9. The van der Waals surface area contributed by atoms with Gasteiger partial charge in [0, 0.05) is 13.1 Å². The lowest BCUT2D eigenvalue weighted by molar-refractivity contribution is -0.119. The highest BCUT2D eigenvalue weighted by Gasteiger charge is 2.26. The van der Waals surface area contributed by atoms with Crippen LogP contribution in [0.3, 0.4) is 0 Å². The molecule has 0 aliphatic heterocycles. The van der Waals surface area contributed by atoms with E-state index in [1.807, 2.05) is 0 Å². The molecule has 0 fully saturated rings. The second-order valence-electron chi connectivity index (χ2n) is 5.52. The van der Waals surface area contributed by atoms with Crippen LogP contribution in [-0.2, 0) is 36.8 Å². The molecule has 0 radical (unpaired) electrons. The van der Waals surface area contributed by atoms with Gasteiger partial charge in [0.15, 0.2) is 0 Å². The molecule has 2 amide bonds. The van der Waals surface area contributed by atoms with Gasteiger partial charge >= 0.3 is 13.6 Å². The monoisotopic (exact) mass is 508 g/mol. The molecule has 0 saturated carbocycles. The predicted molar refractivity (Wildman–Crippen MR) is 122 cm³/mol. The molecule has 0 aromatic heterocycles. The molecule has 178 valence electrons. The number of rotatable bonds is 19. The molecule has 14 heteroatoms. The Balaban J connectivity index is 3.93. The molecule has 0 bridgehead atoms. The average Bonchev–Trinajstić information content (AvgIpc) is 2.68. The number of carbonyl (C=O) groups excluding carboxylic acids is 2. The molecule has 0 aromatic rings. The van der Waals surface area contributed by atoms with Crippen LogP contribution >= 0.6 is 36.4 Å². The van der Waals surface area contributed by atoms with Gasteiger partial charge in [-0.1, -0.05) is 0 Å². The van der Waals surface area contributed by atoms with Crippen LogP contribution in [0.1, 0.15) is 40.5 Å². The summed E-state index contributed by atoms with van der Waals surface area (Å²) in [6.45, 7) is 2.08. The first-order chi connectivity index (χ1) is 14.2. The van der Waals surface area contributed by atoms with Crippen LogP contribution in [0.4, 0.5) is 0 Å². The molecule has 0 saturated heterocycles. The smallest absolute Gasteiger partial charge is 0.355 e. The number of unbranched alkanes of at least 4 members (excludes halogenated alkanes) is 1. The highest BCUT2D eigenvalue weighted by molar-refractivity contribution is 8.55. The van der Waals surface area contributed by atoms with Gasteiger partial charge in [-0.3, -0.25) is 9.59 Å². The van der Waals surface area contributed by atoms with Crippen LogP contribution in [0.15, 0.2) is 0 Å². The maximum Gasteiger partial charge on any atom is 0.389 e. The minimum absolute atomic E-state index is 0.0229. The summed E-state index contributed by atoms with van der Waals surface area (Å²) in [7, 11) is 0. The standard InChI is InChI=1S/C16H34N2O8P2S2/c1-5-23-27(21,24-6-2)29-13-15(19)17-11-9-10-12-18-16(20)14-30-28(22,25-7-3)26-8-4/h5-14H2,1-4H3,(H,17,19)(H,18,20). The molecular weight excluding hydrogens is 474 g/mol. The summed E-state index contributed by atoms with van der Waals surface area (Å²) in [5.41, 5.74) is 0. The van der Waals surface area contributed by atoms with Gasteiger partial charge in [-0.05, 0) is 63.3 Å². The minimum Gasteiger partial charge on any atom is -0.355 e.